The van der Waals surface area contributed by atoms with Gasteiger partial charge in [0.2, 0.25) is 5.95 Å². The number of carbonyl (C=O) groups is 1. The number of amides is 1. The Morgan fingerprint density at radius 1 is 1.11 bits per heavy atom. The Balaban J connectivity index is 2.26. The third kappa shape index (κ3) is 9.78. The summed E-state index contributed by atoms with van der Waals surface area (Å²) in [6.07, 6.45) is -3.98. The van der Waals surface area contributed by atoms with Gasteiger partial charge in [-0.1, -0.05) is 0 Å². The van der Waals surface area contributed by atoms with Crippen molar-refractivity contribution >= 4 is 18.0 Å². The Kier molecular flexibility index (Phi) is 8.74. The quantitative estimate of drug-likeness (QED) is 0.310. The molecular weight excluding hydrogens is 379 g/mol. The number of alkyl halides is 3. The molecule has 9 nitrogen and oxygen atoms in total. The van der Waals surface area contributed by atoms with Gasteiger partial charge >= 0.3 is 12.3 Å². The molecule has 0 saturated carbocycles. The van der Waals surface area contributed by atoms with Crippen LogP contribution in [-0.2, 0) is 10.9 Å². The first-order valence-electron chi connectivity index (χ1n) is 8.57. The summed E-state index contributed by atoms with van der Waals surface area (Å²) in [5, 5.41) is 11.2. The van der Waals surface area contributed by atoms with Crippen molar-refractivity contribution in [1.29, 1.82) is 0 Å². The molecule has 1 amide bonds. The van der Waals surface area contributed by atoms with Crippen LogP contribution in [0.15, 0.2) is 17.3 Å². The average molecular weight is 405 g/mol. The molecule has 0 atom stereocenters. The van der Waals surface area contributed by atoms with Gasteiger partial charge in [0.15, 0.2) is 5.96 Å². The van der Waals surface area contributed by atoms with E-state index in [1.807, 2.05) is 0 Å². The van der Waals surface area contributed by atoms with Gasteiger partial charge in [-0.05, 0) is 26.8 Å². The average Bonchev–Trinajstić information content (AvgIpc) is 2.58. The van der Waals surface area contributed by atoms with Crippen LogP contribution in [0.3, 0.4) is 0 Å². The maximum absolute atomic E-state index is 12.6. The molecule has 1 heterocycles. The monoisotopic (exact) mass is 405 g/mol. The second-order valence-electron chi connectivity index (χ2n) is 6.54. The van der Waals surface area contributed by atoms with E-state index in [-0.39, 0.29) is 12.5 Å². The zero-order chi connectivity index (χ0) is 21.2. The van der Waals surface area contributed by atoms with Gasteiger partial charge in [-0.2, -0.15) is 13.2 Å². The molecule has 0 unspecified atom stereocenters. The Morgan fingerprint density at radius 3 is 2.29 bits per heavy atom. The van der Waals surface area contributed by atoms with E-state index >= 15 is 0 Å². The first kappa shape index (κ1) is 23.2. The van der Waals surface area contributed by atoms with Crippen LogP contribution >= 0.6 is 0 Å². The van der Waals surface area contributed by atoms with Crippen LogP contribution in [0.1, 0.15) is 26.5 Å². The lowest BCUT2D eigenvalue weighted by Crippen LogP contribution is -2.43. The fourth-order valence-corrected chi connectivity index (χ4v) is 1.84. The van der Waals surface area contributed by atoms with Gasteiger partial charge in [-0.25, -0.2) is 14.8 Å². The lowest BCUT2D eigenvalue weighted by molar-refractivity contribution is -0.141. The van der Waals surface area contributed by atoms with Gasteiger partial charge in [-0.15, -0.1) is 0 Å². The third-order valence-corrected chi connectivity index (χ3v) is 2.96. The normalized spacial score (nSPS) is 12.3. The molecule has 0 aliphatic carbocycles. The second-order valence-corrected chi connectivity index (χ2v) is 6.54. The summed E-state index contributed by atoms with van der Waals surface area (Å²) in [6, 6.07) is 0.806. The number of aliphatic imine (C=N–C) groups is 1. The number of nitrogens with zero attached hydrogens (tertiary/aromatic N) is 3. The number of anilines is 1. The first-order valence-corrected chi connectivity index (χ1v) is 8.57. The van der Waals surface area contributed by atoms with E-state index in [4.69, 9.17) is 4.74 Å². The van der Waals surface area contributed by atoms with Crippen molar-refractivity contribution in [3.63, 3.8) is 0 Å². The molecule has 0 fully saturated rings. The molecule has 0 radical (unpaired) electrons. The van der Waals surface area contributed by atoms with Crippen LogP contribution in [0, 0.1) is 0 Å². The number of nitrogens with one attached hydrogen (secondary N) is 4. The lowest BCUT2D eigenvalue weighted by Gasteiger charge is -2.20. The summed E-state index contributed by atoms with van der Waals surface area (Å²) in [6.45, 7) is 6.69. The standard InChI is InChI=1S/C16H26F3N7O2/c1-15(2,3)28-14(27)25-10-9-23-12(20-4)22-7-8-24-13-21-6-5-11(26-13)16(17,18)19/h5-6H,7-10H2,1-4H3,(H,25,27)(H2,20,22,23)(H,21,24,26). The molecule has 0 aliphatic rings. The number of ether oxygens (including phenoxy) is 1. The molecule has 1 aromatic rings. The van der Waals surface area contributed by atoms with Crippen molar-refractivity contribution in [3.05, 3.63) is 18.0 Å². The van der Waals surface area contributed by atoms with Gasteiger partial charge < -0.3 is 26.0 Å². The molecule has 12 heteroatoms. The first-order chi connectivity index (χ1) is 13.0. The fraction of sp³-hybridized carbons (Fsp3) is 0.625. The molecule has 0 saturated heterocycles. The highest BCUT2D eigenvalue weighted by atomic mass is 19.4. The van der Waals surface area contributed by atoms with Crippen molar-refractivity contribution in [3.8, 4) is 0 Å². The van der Waals surface area contributed by atoms with E-state index in [2.05, 4.69) is 36.2 Å². The molecule has 158 valence electrons. The summed E-state index contributed by atoms with van der Waals surface area (Å²) in [4.78, 5) is 22.7. The highest BCUT2D eigenvalue weighted by Crippen LogP contribution is 2.27. The number of rotatable bonds is 7. The fourth-order valence-electron chi connectivity index (χ4n) is 1.84. The van der Waals surface area contributed by atoms with E-state index in [0.29, 0.717) is 25.6 Å². The number of hydrogen-bond donors (Lipinski definition) is 4. The van der Waals surface area contributed by atoms with Gasteiger partial charge in [-0.3, -0.25) is 4.99 Å². The Morgan fingerprint density at radius 2 is 1.71 bits per heavy atom. The van der Waals surface area contributed by atoms with Crippen LogP contribution in [0.2, 0.25) is 0 Å². The van der Waals surface area contributed by atoms with Gasteiger partial charge in [0, 0.05) is 39.4 Å². The van der Waals surface area contributed by atoms with E-state index in [1.165, 1.54) is 0 Å². The zero-order valence-electron chi connectivity index (χ0n) is 16.3. The number of guanidine groups is 1. The molecule has 0 bridgehead atoms. The Hall–Kier alpha value is -2.79. The highest BCUT2D eigenvalue weighted by molar-refractivity contribution is 5.79. The van der Waals surface area contributed by atoms with Crippen LogP contribution in [0.4, 0.5) is 23.9 Å². The molecule has 1 aromatic heterocycles. The van der Waals surface area contributed by atoms with E-state index in [9.17, 15) is 18.0 Å². The van der Waals surface area contributed by atoms with E-state index < -0.39 is 23.6 Å². The van der Waals surface area contributed by atoms with E-state index in [0.717, 1.165) is 12.3 Å². The summed E-state index contributed by atoms with van der Waals surface area (Å²) in [5.74, 6) is 0.360. The van der Waals surface area contributed by atoms with Crippen molar-refractivity contribution in [2.45, 2.75) is 32.5 Å². The minimum atomic E-state index is -4.52. The second kappa shape index (κ2) is 10.5. The third-order valence-electron chi connectivity index (χ3n) is 2.96. The number of aromatic nitrogens is 2. The zero-order valence-corrected chi connectivity index (χ0v) is 16.3. The lowest BCUT2D eigenvalue weighted by atomic mass is 10.2. The number of hydrogen-bond acceptors (Lipinski definition) is 6. The number of alkyl carbamates (subject to hydrolysis) is 1. The summed E-state index contributed by atoms with van der Waals surface area (Å²) >= 11 is 0. The van der Waals surface area contributed by atoms with Crippen LogP contribution < -0.4 is 21.3 Å². The van der Waals surface area contributed by atoms with Crippen LogP contribution in [-0.4, -0.2) is 60.8 Å². The predicted octanol–water partition coefficient (Wildman–Crippen LogP) is 1.60. The highest BCUT2D eigenvalue weighted by Gasteiger charge is 2.32. The molecule has 4 N–H and O–H groups in total. The van der Waals surface area contributed by atoms with Crippen molar-refractivity contribution in [2.24, 2.45) is 4.99 Å². The maximum Gasteiger partial charge on any atom is 0.433 e. The minimum absolute atomic E-state index is 0.110. The summed E-state index contributed by atoms with van der Waals surface area (Å²) in [5.41, 5.74) is -1.57. The maximum atomic E-state index is 12.6. The number of halogens is 3. The van der Waals surface area contributed by atoms with Crippen LogP contribution in [0.5, 0.6) is 0 Å². The predicted molar refractivity (Wildman–Crippen MR) is 99.1 cm³/mol. The summed E-state index contributed by atoms with van der Waals surface area (Å²) < 4.78 is 42.9. The molecule has 1 rings (SSSR count). The number of carbonyl (C=O) groups excluding carboxylic acids is 1. The van der Waals surface area contributed by atoms with Gasteiger partial charge in [0.05, 0.1) is 0 Å². The molecule has 0 spiro atoms. The topological polar surface area (TPSA) is 113 Å². The van der Waals surface area contributed by atoms with Crippen molar-refractivity contribution in [1.82, 2.24) is 25.9 Å². The molecule has 0 aliphatic heterocycles. The smallest absolute Gasteiger partial charge is 0.433 e. The van der Waals surface area contributed by atoms with Gasteiger partial charge in [0.25, 0.3) is 0 Å². The molecule has 0 aromatic carbocycles. The van der Waals surface area contributed by atoms with Gasteiger partial charge in [0.1, 0.15) is 11.3 Å². The van der Waals surface area contributed by atoms with Crippen molar-refractivity contribution in [2.75, 3.05) is 38.5 Å². The van der Waals surface area contributed by atoms with Crippen molar-refractivity contribution < 1.29 is 22.7 Å². The largest absolute Gasteiger partial charge is 0.444 e. The van der Waals surface area contributed by atoms with E-state index in [1.54, 1.807) is 27.8 Å². The molecule has 28 heavy (non-hydrogen) atoms. The summed E-state index contributed by atoms with van der Waals surface area (Å²) in [7, 11) is 1.57. The minimum Gasteiger partial charge on any atom is -0.444 e. The SMILES string of the molecule is CN=C(NCCNC(=O)OC(C)(C)C)NCCNc1nccc(C(F)(F)F)n1. The Labute approximate surface area is 161 Å². The Bertz CT molecular complexity index is 660. The molecular formula is C16H26F3N7O2. The van der Waals surface area contributed by atoms with Crippen LogP contribution in [0.25, 0.3) is 0 Å².